The average Bonchev–Trinajstić information content (AvgIpc) is 2.88. The van der Waals surface area contributed by atoms with Crippen molar-refractivity contribution in [2.75, 3.05) is 5.32 Å². The summed E-state index contributed by atoms with van der Waals surface area (Å²) in [6.45, 7) is 1.93. The fourth-order valence-corrected chi connectivity index (χ4v) is 2.50. The van der Waals surface area contributed by atoms with Gasteiger partial charge in [-0.25, -0.2) is 0 Å². The fraction of sp³-hybridized carbons (Fsp3) is 0.0526. The number of para-hydroxylation sites is 2. The minimum atomic E-state index is -0.414. The van der Waals surface area contributed by atoms with Crippen LogP contribution < -0.4 is 5.32 Å². The van der Waals surface area contributed by atoms with Crippen molar-refractivity contribution >= 4 is 28.6 Å². The van der Waals surface area contributed by atoms with Gasteiger partial charge >= 0.3 is 0 Å². The van der Waals surface area contributed by atoms with Gasteiger partial charge < -0.3 is 10.3 Å². The Labute approximate surface area is 134 Å². The number of nitrogens with one attached hydrogen (secondary N) is 2. The van der Waals surface area contributed by atoms with Crippen molar-refractivity contribution in [3.05, 3.63) is 71.4 Å². The highest BCUT2D eigenvalue weighted by molar-refractivity contribution is 6.11. The quantitative estimate of drug-likeness (QED) is 0.566. The molecule has 0 spiro atoms. The molecule has 3 aromatic rings. The maximum absolute atomic E-state index is 12.3. The molecule has 112 valence electrons. The smallest absolute Gasteiger partial charge is 0.266 e. The third kappa shape index (κ3) is 2.99. The molecule has 4 nitrogen and oxygen atoms in total. The Morgan fingerprint density at radius 1 is 1.13 bits per heavy atom. The first kappa shape index (κ1) is 14.6. The van der Waals surface area contributed by atoms with Gasteiger partial charge in [-0.15, -0.1) is 0 Å². The zero-order chi connectivity index (χ0) is 16.2. The largest absolute Gasteiger partial charge is 0.358 e. The Morgan fingerprint density at radius 3 is 2.57 bits per heavy atom. The Bertz CT molecular complexity index is 930. The molecule has 1 aromatic heterocycles. The van der Waals surface area contributed by atoms with Crippen molar-refractivity contribution in [1.29, 1.82) is 5.26 Å². The predicted molar refractivity (Wildman–Crippen MR) is 91.7 cm³/mol. The number of hydrogen-bond acceptors (Lipinski definition) is 2. The van der Waals surface area contributed by atoms with E-state index in [0.29, 0.717) is 5.69 Å². The molecule has 0 radical (unpaired) electrons. The van der Waals surface area contributed by atoms with Gasteiger partial charge in [0, 0.05) is 27.8 Å². The van der Waals surface area contributed by atoms with Crippen LogP contribution in [0.1, 0.15) is 11.3 Å². The molecule has 0 unspecified atom stereocenters. The second-order valence-corrected chi connectivity index (χ2v) is 5.20. The maximum atomic E-state index is 12.3. The van der Waals surface area contributed by atoms with E-state index in [1.807, 2.05) is 55.5 Å². The molecule has 23 heavy (non-hydrogen) atoms. The van der Waals surface area contributed by atoms with Crippen molar-refractivity contribution in [2.45, 2.75) is 6.92 Å². The Kier molecular flexibility index (Phi) is 3.94. The van der Waals surface area contributed by atoms with Crippen LogP contribution in [-0.2, 0) is 4.79 Å². The molecule has 4 heteroatoms. The van der Waals surface area contributed by atoms with Crippen LogP contribution in [0.3, 0.4) is 0 Å². The lowest BCUT2D eigenvalue weighted by molar-refractivity contribution is -0.112. The first-order valence-corrected chi connectivity index (χ1v) is 7.24. The van der Waals surface area contributed by atoms with Gasteiger partial charge in [0.1, 0.15) is 11.6 Å². The van der Waals surface area contributed by atoms with Crippen LogP contribution in [0.15, 0.2) is 60.2 Å². The Hall–Kier alpha value is -3.32. The summed E-state index contributed by atoms with van der Waals surface area (Å²) in [5, 5.41) is 13.1. The van der Waals surface area contributed by atoms with Gasteiger partial charge in [0.2, 0.25) is 0 Å². The summed E-state index contributed by atoms with van der Waals surface area (Å²) in [4.78, 5) is 15.6. The normalized spacial score (nSPS) is 11.2. The van der Waals surface area contributed by atoms with E-state index in [2.05, 4.69) is 10.3 Å². The molecule has 0 fully saturated rings. The van der Waals surface area contributed by atoms with Crippen LogP contribution in [0.4, 0.5) is 5.69 Å². The standard InChI is InChI=1S/C19H15N3O/c1-13-17(16-9-5-6-10-18(16)21-13)11-14(12-20)19(23)22-15-7-3-2-4-8-15/h2-11,21H,1H3,(H,22,23). The van der Waals surface area contributed by atoms with Crippen LogP contribution in [0.25, 0.3) is 17.0 Å². The molecule has 0 aliphatic heterocycles. The van der Waals surface area contributed by atoms with Crippen LogP contribution >= 0.6 is 0 Å². The van der Waals surface area contributed by atoms with E-state index in [0.717, 1.165) is 22.2 Å². The van der Waals surface area contributed by atoms with E-state index in [4.69, 9.17) is 0 Å². The number of hydrogen-bond donors (Lipinski definition) is 2. The molecule has 0 saturated carbocycles. The number of H-pyrrole nitrogens is 1. The second-order valence-electron chi connectivity index (χ2n) is 5.20. The first-order valence-electron chi connectivity index (χ1n) is 7.24. The number of aryl methyl sites for hydroxylation is 1. The number of fused-ring (bicyclic) bond motifs is 1. The van der Waals surface area contributed by atoms with Gasteiger partial charge in [-0.2, -0.15) is 5.26 Å². The van der Waals surface area contributed by atoms with Crippen molar-refractivity contribution in [3.63, 3.8) is 0 Å². The fourth-order valence-electron chi connectivity index (χ4n) is 2.50. The summed E-state index contributed by atoms with van der Waals surface area (Å²) >= 11 is 0. The lowest BCUT2D eigenvalue weighted by Gasteiger charge is -2.03. The highest BCUT2D eigenvalue weighted by Gasteiger charge is 2.12. The number of nitriles is 1. The summed E-state index contributed by atoms with van der Waals surface area (Å²) in [6, 6.07) is 18.9. The number of benzene rings is 2. The minimum absolute atomic E-state index is 0.0710. The van der Waals surface area contributed by atoms with Gasteiger partial charge in [0.25, 0.3) is 5.91 Å². The van der Waals surface area contributed by atoms with E-state index in [9.17, 15) is 10.1 Å². The van der Waals surface area contributed by atoms with Crippen molar-refractivity contribution in [3.8, 4) is 6.07 Å². The zero-order valence-corrected chi connectivity index (χ0v) is 12.6. The summed E-state index contributed by atoms with van der Waals surface area (Å²) in [5.74, 6) is -0.414. The van der Waals surface area contributed by atoms with Gasteiger partial charge in [0.15, 0.2) is 0 Å². The molecule has 3 rings (SSSR count). The van der Waals surface area contributed by atoms with Crippen LogP contribution in [0, 0.1) is 18.3 Å². The van der Waals surface area contributed by atoms with Crippen molar-refractivity contribution in [2.24, 2.45) is 0 Å². The van der Waals surface area contributed by atoms with Gasteiger partial charge in [-0.05, 0) is 31.2 Å². The molecule has 0 atom stereocenters. The number of nitrogens with zero attached hydrogens (tertiary/aromatic N) is 1. The molecule has 1 heterocycles. The second kappa shape index (κ2) is 6.20. The van der Waals surface area contributed by atoms with Gasteiger partial charge in [-0.1, -0.05) is 36.4 Å². The number of aromatic nitrogens is 1. The van der Waals surface area contributed by atoms with E-state index >= 15 is 0 Å². The number of aromatic amines is 1. The van der Waals surface area contributed by atoms with Crippen molar-refractivity contribution in [1.82, 2.24) is 4.98 Å². The molecule has 2 aromatic carbocycles. The molecular weight excluding hydrogens is 286 g/mol. The molecule has 0 saturated heterocycles. The van der Waals surface area contributed by atoms with Gasteiger partial charge in [-0.3, -0.25) is 4.79 Å². The van der Waals surface area contributed by atoms with Crippen LogP contribution in [0.5, 0.6) is 0 Å². The highest BCUT2D eigenvalue weighted by Crippen LogP contribution is 2.24. The number of anilines is 1. The molecule has 0 bridgehead atoms. The average molecular weight is 301 g/mol. The molecule has 0 aliphatic carbocycles. The maximum Gasteiger partial charge on any atom is 0.266 e. The summed E-state index contributed by atoms with van der Waals surface area (Å²) < 4.78 is 0. The van der Waals surface area contributed by atoms with E-state index < -0.39 is 5.91 Å². The minimum Gasteiger partial charge on any atom is -0.358 e. The third-order valence-corrected chi connectivity index (χ3v) is 3.63. The SMILES string of the molecule is Cc1[nH]c2ccccc2c1C=C(C#N)C(=O)Nc1ccccc1. The lowest BCUT2D eigenvalue weighted by atomic mass is 10.1. The van der Waals surface area contributed by atoms with E-state index in [-0.39, 0.29) is 5.57 Å². The molecule has 1 amide bonds. The number of carbonyl (C=O) groups is 1. The lowest BCUT2D eigenvalue weighted by Crippen LogP contribution is -2.13. The summed E-state index contributed by atoms with van der Waals surface area (Å²) in [6.07, 6.45) is 1.63. The summed E-state index contributed by atoms with van der Waals surface area (Å²) in [5.41, 5.74) is 3.50. The molecular formula is C19H15N3O. The van der Waals surface area contributed by atoms with E-state index in [1.165, 1.54) is 0 Å². The highest BCUT2D eigenvalue weighted by atomic mass is 16.1. The topological polar surface area (TPSA) is 68.7 Å². The molecule has 0 aliphatic rings. The third-order valence-electron chi connectivity index (χ3n) is 3.63. The number of amides is 1. The molecule has 2 N–H and O–H groups in total. The summed E-state index contributed by atoms with van der Waals surface area (Å²) in [7, 11) is 0. The number of carbonyl (C=O) groups excluding carboxylic acids is 1. The Morgan fingerprint density at radius 2 is 1.83 bits per heavy atom. The monoisotopic (exact) mass is 301 g/mol. The van der Waals surface area contributed by atoms with Gasteiger partial charge in [0.05, 0.1) is 0 Å². The first-order chi connectivity index (χ1) is 11.2. The van der Waals surface area contributed by atoms with E-state index in [1.54, 1.807) is 18.2 Å². The van der Waals surface area contributed by atoms with Crippen LogP contribution in [-0.4, -0.2) is 10.9 Å². The number of rotatable bonds is 3. The van der Waals surface area contributed by atoms with Crippen molar-refractivity contribution < 1.29 is 4.79 Å². The Balaban J connectivity index is 1.96. The predicted octanol–water partition coefficient (Wildman–Crippen LogP) is 4.02. The van der Waals surface area contributed by atoms with Crippen LogP contribution in [0.2, 0.25) is 0 Å². The zero-order valence-electron chi connectivity index (χ0n) is 12.6.